The molecular formula is C25H25N5O4S. The second kappa shape index (κ2) is 9.46. The van der Waals surface area contributed by atoms with Crippen molar-refractivity contribution in [3.63, 3.8) is 0 Å². The lowest BCUT2D eigenvalue weighted by molar-refractivity contribution is 0.102. The molecule has 0 N–H and O–H groups in total. The van der Waals surface area contributed by atoms with Gasteiger partial charge in [0.2, 0.25) is 11.9 Å². The average molecular weight is 492 g/mol. The highest BCUT2D eigenvalue weighted by Gasteiger charge is 2.20. The summed E-state index contributed by atoms with van der Waals surface area (Å²) < 4.78 is 20.1. The van der Waals surface area contributed by atoms with Crippen LogP contribution in [0.5, 0.6) is 17.2 Å². The smallest absolute Gasteiger partial charge is 0.231 e. The van der Waals surface area contributed by atoms with Crippen molar-refractivity contribution in [2.45, 2.75) is 32.5 Å². The van der Waals surface area contributed by atoms with E-state index in [0.29, 0.717) is 23.0 Å². The minimum Gasteiger partial charge on any atom is -0.494 e. The first-order valence-electron chi connectivity index (χ1n) is 11.1. The van der Waals surface area contributed by atoms with Gasteiger partial charge in [0.05, 0.1) is 12.9 Å². The molecule has 0 unspecified atom stereocenters. The topological polar surface area (TPSA) is 93.3 Å². The van der Waals surface area contributed by atoms with Crippen LogP contribution in [0, 0.1) is 20.8 Å². The van der Waals surface area contributed by atoms with E-state index in [4.69, 9.17) is 14.2 Å². The Morgan fingerprint density at radius 3 is 2.74 bits per heavy atom. The molecule has 0 atom stereocenters. The molecule has 0 spiro atoms. The number of ether oxygens (including phenoxy) is 3. The quantitative estimate of drug-likeness (QED) is 0.268. The molecule has 2 aromatic heterocycles. The first-order chi connectivity index (χ1) is 16.9. The van der Waals surface area contributed by atoms with Crippen LogP contribution in [0.2, 0.25) is 0 Å². The number of tetrazole rings is 1. The number of ketones is 1. The maximum Gasteiger partial charge on any atom is 0.231 e. The van der Waals surface area contributed by atoms with Crippen LogP contribution in [0.25, 0.3) is 5.69 Å². The predicted octanol–water partition coefficient (Wildman–Crippen LogP) is 4.15. The average Bonchev–Trinajstić information content (AvgIpc) is 3.58. The summed E-state index contributed by atoms with van der Waals surface area (Å²) in [4.78, 5) is 13.2. The summed E-state index contributed by atoms with van der Waals surface area (Å²) in [7, 11) is 1.61. The van der Waals surface area contributed by atoms with Gasteiger partial charge in [0.15, 0.2) is 17.3 Å². The number of carbonyl (C=O) groups is 1. The van der Waals surface area contributed by atoms with Crippen molar-refractivity contribution >= 4 is 17.5 Å². The van der Waals surface area contributed by atoms with E-state index in [9.17, 15) is 4.79 Å². The Morgan fingerprint density at radius 1 is 1.09 bits per heavy atom. The molecule has 0 fully saturated rings. The lowest BCUT2D eigenvalue weighted by Crippen LogP contribution is -2.08. The van der Waals surface area contributed by atoms with E-state index in [1.165, 1.54) is 11.8 Å². The minimum atomic E-state index is 0.0193. The number of aromatic nitrogens is 5. The molecule has 10 heteroatoms. The zero-order valence-electron chi connectivity index (χ0n) is 19.9. The number of thioether (sulfide) groups is 1. The molecular weight excluding hydrogens is 466 g/mol. The molecule has 1 aliphatic rings. The third kappa shape index (κ3) is 4.49. The van der Waals surface area contributed by atoms with E-state index in [1.807, 2.05) is 63.2 Å². The van der Waals surface area contributed by atoms with Crippen molar-refractivity contribution in [2.24, 2.45) is 0 Å². The Kier molecular flexibility index (Phi) is 6.21. The molecule has 0 bridgehead atoms. The van der Waals surface area contributed by atoms with Gasteiger partial charge in [-0.2, -0.15) is 4.68 Å². The summed E-state index contributed by atoms with van der Waals surface area (Å²) in [5, 5.41) is 12.6. The van der Waals surface area contributed by atoms with E-state index in [1.54, 1.807) is 11.8 Å². The standard InChI is InChI=1S/C25H25N5O4S/c1-15-5-7-22(32-4)20(9-15)30-25(26-27-28-30)35-13-21(31)19-10-16(2)29(17(19)3)12-18-6-8-23-24(11-18)34-14-33-23/h5-11H,12-14H2,1-4H3. The molecule has 3 heterocycles. The van der Waals surface area contributed by atoms with E-state index >= 15 is 0 Å². The van der Waals surface area contributed by atoms with Crippen LogP contribution < -0.4 is 14.2 Å². The fourth-order valence-electron chi connectivity index (χ4n) is 4.14. The van der Waals surface area contributed by atoms with Gasteiger partial charge in [-0.3, -0.25) is 4.79 Å². The van der Waals surface area contributed by atoms with Crippen LogP contribution in [0.15, 0.2) is 47.6 Å². The largest absolute Gasteiger partial charge is 0.494 e. The molecule has 0 amide bonds. The first-order valence-corrected chi connectivity index (χ1v) is 12.1. The highest BCUT2D eigenvalue weighted by atomic mass is 32.2. The van der Waals surface area contributed by atoms with Crippen LogP contribution in [0.3, 0.4) is 0 Å². The van der Waals surface area contributed by atoms with Crippen molar-refractivity contribution in [1.82, 2.24) is 24.8 Å². The number of methoxy groups -OCH3 is 1. The Bertz CT molecular complexity index is 1410. The monoisotopic (exact) mass is 491 g/mol. The van der Waals surface area contributed by atoms with Gasteiger partial charge in [-0.25, -0.2) is 0 Å². The van der Waals surface area contributed by atoms with Crippen molar-refractivity contribution in [3.05, 3.63) is 70.5 Å². The number of nitrogens with zero attached hydrogens (tertiary/aromatic N) is 5. The third-order valence-corrected chi connectivity index (χ3v) is 6.91. The Labute approximate surface area is 207 Å². The SMILES string of the molecule is COc1ccc(C)cc1-n1nnnc1SCC(=O)c1cc(C)n(Cc2ccc3c(c2)OCO3)c1C. The molecule has 5 rings (SSSR count). The molecule has 180 valence electrons. The van der Waals surface area contributed by atoms with Crippen LogP contribution in [-0.4, -0.2) is 50.2 Å². The van der Waals surface area contributed by atoms with E-state index in [0.717, 1.165) is 39.7 Å². The fraction of sp³-hybridized carbons (Fsp3) is 0.280. The van der Waals surface area contributed by atoms with Gasteiger partial charge in [0.1, 0.15) is 11.4 Å². The second-order valence-corrected chi connectivity index (χ2v) is 9.26. The molecule has 4 aromatic rings. The number of rotatable bonds is 8. The number of aryl methyl sites for hydroxylation is 2. The Hall–Kier alpha value is -3.79. The first kappa shape index (κ1) is 23.0. The number of fused-ring (bicyclic) bond motifs is 1. The number of benzene rings is 2. The van der Waals surface area contributed by atoms with Crippen LogP contribution in [0.1, 0.15) is 32.9 Å². The van der Waals surface area contributed by atoms with Gasteiger partial charge >= 0.3 is 0 Å². The van der Waals surface area contributed by atoms with Crippen molar-refractivity contribution in [3.8, 4) is 22.9 Å². The van der Waals surface area contributed by atoms with E-state index in [2.05, 4.69) is 20.1 Å². The maximum atomic E-state index is 13.2. The predicted molar refractivity (Wildman–Crippen MR) is 131 cm³/mol. The lowest BCUT2D eigenvalue weighted by Gasteiger charge is -2.11. The molecule has 0 radical (unpaired) electrons. The summed E-state index contributed by atoms with van der Waals surface area (Å²) >= 11 is 1.30. The fourth-order valence-corrected chi connectivity index (χ4v) is 4.91. The molecule has 9 nitrogen and oxygen atoms in total. The molecule has 0 aliphatic carbocycles. The van der Waals surface area contributed by atoms with Crippen LogP contribution in [-0.2, 0) is 6.54 Å². The Morgan fingerprint density at radius 2 is 1.91 bits per heavy atom. The number of hydrogen-bond acceptors (Lipinski definition) is 8. The van der Waals surface area contributed by atoms with Crippen molar-refractivity contribution < 1.29 is 19.0 Å². The van der Waals surface area contributed by atoms with E-state index < -0.39 is 0 Å². The van der Waals surface area contributed by atoms with Crippen molar-refractivity contribution in [2.75, 3.05) is 19.7 Å². The van der Waals surface area contributed by atoms with E-state index in [-0.39, 0.29) is 18.3 Å². The Balaban J connectivity index is 1.32. The maximum absolute atomic E-state index is 13.2. The zero-order chi connectivity index (χ0) is 24.5. The third-order valence-electron chi connectivity index (χ3n) is 5.99. The summed E-state index contributed by atoms with van der Waals surface area (Å²) in [5.74, 6) is 2.39. The van der Waals surface area contributed by atoms with Crippen molar-refractivity contribution in [1.29, 1.82) is 0 Å². The van der Waals surface area contributed by atoms with Gasteiger partial charge in [-0.15, -0.1) is 5.10 Å². The molecule has 1 aliphatic heterocycles. The van der Waals surface area contributed by atoms with Crippen LogP contribution in [0.4, 0.5) is 0 Å². The van der Waals surface area contributed by atoms with Gasteiger partial charge in [-0.05, 0) is 72.7 Å². The van der Waals surface area contributed by atoms with Gasteiger partial charge in [-0.1, -0.05) is 23.9 Å². The summed E-state index contributed by atoms with van der Waals surface area (Å²) in [5.41, 5.74) is 5.50. The number of hydrogen-bond donors (Lipinski definition) is 0. The van der Waals surface area contributed by atoms with Gasteiger partial charge in [0, 0.05) is 23.5 Å². The highest BCUT2D eigenvalue weighted by Crippen LogP contribution is 2.33. The number of carbonyl (C=O) groups excluding carboxylic acids is 1. The second-order valence-electron chi connectivity index (χ2n) is 8.32. The lowest BCUT2D eigenvalue weighted by atomic mass is 10.1. The number of Topliss-reactive ketones (excluding diaryl/α,β-unsaturated/α-hetero) is 1. The zero-order valence-corrected chi connectivity index (χ0v) is 20.8. The molecule has 35 heavy (non-hydrogen) atoms. The molecule has 0 saturated carbocycles. The molecule has 0 saturated heterocycles. The highest BCUT2D eigenvalue weighted by molar-refractivity contribution is 7.99. The molecule has 2 aromatic carbocycles. The summed E-state index contributed by atoms with van der Waals surface area (Å²) in [6, 6.07) is 13.6. The normalized spacial score (nSPS) is 12.2. The summed E-state index contributed by atoms with van der Waals surface area (Å²) in [6.07, 6.45) is 0. The summed E-state index contributed by atoms with van der Waals surface area (Å²) in [6.45, 7) is 6.85. The minimum absolute atomic E-state index is 0.0193. The van der Waals surface area contributed by atoms with Gasteiger partial charge < -0.3 is 18.8 Å². The van der Waals surface area contributed by atoms with Gasteiger partial charge in [0.25, 0.3) is 0 Å². The van der Waals surface area contributed by atoms with Crippen LogP contribution >= 0.6 is 11.8 Å².